The summed E-state index contributed by atoms with van der Waals surface area (Å²) in [6.45, 7) is 25.6. The lowest BCUT2D eigenvalue weighted by molar-refractivity contribution is -0.258. The number of amides is 1. The molecule has 9 nitrogen and oxygen atoms in total. The molecular formula is C43H71N3O6. The van der Waals surface area contributed by atoms with Gasteiger partial charge in [0.1, 0.15) is 6.10 Å². The predicted molar refractivity (Wildman–Crippen MR) is 199 cm³/mol. The molecule has 5 aliphatic carbocycles. The molecule has 4 aliphatic heterocycles. The number of fused-ring (bicyclic) bond motifs is 4. The topological polar surface area (TPSA) is 83.9 Å². The highest BCUT2D eigenvalue weighted by Crippen LogP contribution is 2.89. The van der Waals surface area contributed by atoms with Crippen LogP contribution in [0.25, 0.3) is 0 Å². The van der Waals surface area contributed by atoms with Gasteiger partial charge in [-0.25, -0.2) is 4.79 Å². The van der Waals surface area contributed by atoms with E-state index in [1.807, 2.05) is 0 Å². The van der Waals surface area contributed by atoms with Gasteiger partial charge in [-0.3, -0.25) is 4.90 Å². The SMILES string of the molecule is CC(C)[C@@H](OC(=O)N1CCC1)C1C[C@@H](C)[C@H]2C(O1)[C@H](O)[C@@]1(C)C3CC[C@H]4C(C)(C)[C@@H](O[C@H]5CN(C6(C)CN(C)C6)CCO5)CC[C@@]45C[C@@]35CC[C@]21C. The van der Waals surface area contributed by atoms with Gasteiger partial charge in [0.15, 0.2) is 6.29 Å². The Kier molecular flexibility index (Phi) is 8.47. The van der Waals surface area contributed by atoms with Crippen molar-refractivity contribution >= 4 is 6.09 Å². The van der Waals surface area contributed by atoms with Crippen molar-refractivity contribution < 1.29 is 28.8 Å². The zero-order valence-electron chi connectivity index (χ0n) is 34.0. The summed E-state index contributed by atoms with van der Waals surface area (Å²) in [6, 6.07) is 0. The van der Waals surface area contributed by atoms with Gasteiger partial charge in [-0.15, -0.1) is 0 Å². The van der Waals surface area contributed by atoms with E-state index in [0.717, 1.165) is 65.1 Å². The van der Waals surface area contributed by atoms with E-state index in [-0.39, 0.29) is 64.5 Å². The van der Waals surface area contributed by atoms with Crippen LogP contribution in [0.15, 0.2) is 0 Å². The van der Waals surface area contributed by atoms with E-state index in [1.165, 1.54) is 38.5 Å². The summed E-state index contributed by atoms with van der Waals surface area (Å²) in [5, 5.41) is 12.7. The molecule has 5 saturated carbocycles. The van der Waals surface area contributed by atoms with Crippen molar-refractivity contribution in [2.75, 3.05) is 52.9 Å². The molecule has 14 atom stereocenters. The van der Waals surface area contributed by atoms with Gasteiger partial charge in [-0.2, -0.15) is 0 Å². The number of likely N-dealkylation sites (tertiary alicyclic amines) is 2. The van der Waals surface area contributed by atoms with Crippen LogP contribution >= 0.6 is 0 Å². The summed E-state index contributed by atoms with van der Waals surface area (Å²) < 4.78 is 26.6. The second kappa shape index (κ2) is 12.0. The fraction of sp³-hybridized carbons (Fsp3) is 0.977. The molecule has 0 aromatic carbocycles. The summed E-state index contributed by atoms with van der Waals surface area (Å²) in [5.41, 5.74) is 0.777. The van der Waals surface area contributed by atoms with Gasteiger partial charge < -0.3 is 33.9 Å². The standard InChI is InChI=1S/C43H71N3O6/c1-26(2)34(52-37(48)45-17-10-18-45)28-21-27(3)33-35(50-28)36(47)41(8)30-12-11-29-38(4,5)31(13-14-42(29)23-43(30,42)16-15-40(33,41)7)51-32-22-46(19-20-49-32)39(6)24-44(9)25-39/h26-36,47H,10-25H2,1-9H3/t27-,28?,29+,30?,31+,32+,33+,34-,35?,36+,40-,41-,42-,43+/m1/s1. The van der Waals surface area contributed by atoms with E-state index < -0.39 is 6.10 Å². The third-order valence-corrected chi connectivity index (χ3v) is 18.5. The van der Waals surface area contributed by atoms with E-state index in [9.17, 15) is 9.90 Å². The zero-order valence-corrected chi connectivity index (χ0v) is 34.0. The molecule has 3 unspecified atom stereocenters. The molecule has 0 aromatic heterocycles. The number of aliphatic hydroxyl groups is 1. The molecular weight excluding hydrogens is 654 g/mol. The number of likely N-dealkylation sites (N-methyl/N-ethyl adjacent to an activating group) is 1. The third kappa shape index (κ3) is 4.83. The van der Waals surface area contributed by atoms with Gasteiger partial charge >= 0.3 is 6.09 Å². The molecule has 4 saturated heterocycles. The Balaban J connectivity index is 0.925. The fourth-order valence-corrected chi connectivity index (χ4v) is 15.8. The largest absolute Gasteiger partial charge is 0.443 e. The van der Waals surface area contributed by atoms with Crippen LogP contribution in [0, 0.1) is 56.7 Å². The van der Waals surface area contributed by atoms with Crippen LogP contribution in [0.2, 0.25) is 0 Å². The summed E-state index contributed by atoms with van der Waals surface area (Å²) in [5.74, 6) is 1.99. The minimum Gasteiger partial charge on any atom is -0.443 e. The molecule has 294 valence electrons. The molecule has 52 heavy (non-hydrogen) atoms. The minimum absolute atomic E-state index is 0.0154. The molecule has 1 N–H and O–H groups in total. The smallest absolute Gasteiger partial charge is 0.410 e. The minimum atomic E-state index is -0.514. The van der Waals surface area contributed by atoms with Crippen molar-refractivity contribution in [1.29, 1.82) is 0 Å². The molecule has 9 rings (SSSR count). The van der Waals surface area contributed by atoms with Crippen LogP contribution in [0.1, 0.15) is 113 Å². The van der Waals surface area contributed by atoms with Gasteiger partial charge in [0, 0.05) is 43.7 Å². The van der Waals surface area contributed by atoms with Gasteiger partial charge in [0.05, 0.1) is 37.6 Å². The number of morpholine rings is 1. The maximum atomic E-state index is 13.0. The number of hydrogen-bond acceptors (Lipinski definition) is 8. The maximum Gasteiger partial charge on any atom is 0.410 e. The molecule has 1 amide bonds. The maximum absolute atomic E-state index is 13.0. The van der Waals surface area contributed by atoms with Gasteiger partial charge in [0.25, 0.3) is 0 Å². The first-order valence-electron chi connectivity index (χ1n) is 21.5. The van der Waals surface area contributed by atoms with Crippen molar-refractivity contribution in [2.45, 2.75) is 156 Å². The van der Waals surface area contributed by atoms with E-state index in [0.29, 0.717) is 34.5 Å². The number of nitrogens with zero attached hydrogens (tertiary/aromatic N) is 3. The van der Waals surface area contributed by atoms with Gasteiger partial charge in [-0.1, -0.05) is 48.5 Å². The van der Waals surface area contributed by atoms with Crippen LogP contribution in [0.4, 0.5) is 4.79 Å². The van der Waals surface area contributed by atoms with E-state index in [2.05, 4.69) is 72.2 Å². The van der Waals surface area contributed by atoms with Crippen LogP contribution in [0.5, 0.6) is 0 Å². The van der Waals surface area contributed by atoms with Crippen LogP contribution < -0.4 is 0 Å². The highest BCUT2D eigenvalue weighted by Gasteiger charge is 2.84. The molecule has 0 bridgehead atoms. The highest BCUT2D eigenvalue weighted by molar-refractivity contribution is 5.68. The van der Waals surface area contributed by atoms with Crippen LogP contribution in [0.3, 0.4) is 0 Å². The predicted octanol–water partition coefficient (Wildman–Crippen LogP) is 6.41. The van der Waals surface area contributed by atoms with Crippen LogP contribution in [-0.2, 0) is 18.9 Å². The first-order chi connectivity index (χ1) is 24.5. The average molecular weight is 726 g/mol. The number of aliphatic hydroxyl groups excluding tert-OH is 1. The number of carbonyl (C=O) groups excluding carboxylic acids is 1. The van der Waals surface area contributed by atoms with E-state index >= 15 is 0 Å². The molecule has 9 fully saturated rings. The molecule has 9 heteroatoms. The zero-order chi connectivity index (χ0) is 36.8. The summed E-state index contributed by atoms with van der Waals surface area (Å²) in [6.07, 6.45) is 9.09. The first kappa shape index (κ1) is 36.7. The molecule has 4 heterocycles. The lowest BCUT2D eigenvalue weighted by atomic mass is 9.41. The number of carbonyl (C=O) groups is 1. The van der Waals surface area contributed by atoms with Gasteiger partial charge in [0.2, 0.25) is 0 Å². The monoisotopic (exact) mass is 726 g/mol. The Morgan fingerprint density at radius 2 is 1.65 bits per heavy atom. The second-order valence-electron chi connectivity index (χ2n) is 21.5. The van der Waals surface area contributed by atoms with Crippen molar-refractivity contribution in [3.05, 3.63) is 0 Å². The number of hydrogen-bond donors (Lipinski definition) is 1. The summed E-state index contributed by atoms with van der Waals surface area (Å²) in [4.78, 5) is 19.8. The Hall–Kier alpha value is -0.970. The molecule has 0 aromatic rings. The molecule has 9 aliphatic rings. The number of rotatable bonds is 6. The van der Waals surface area contributed by atoms with Gasteiger partial charge in [-0.05, 0) is 123 Å². The fourth-order valence-electron chi connectivity index (χ4n) is 15.8. The Morgan fingerprint density at radius 3 is 2.33 bits per heavy atom. The third-order valence-electron chi connectivity index (χ3n) is 18.5. The Morgan fingerprint density at radius 1 is 0.942 bits per heavy atom. The lowest BCUT2D eigenvalue weighted by Crippen LogP contribution is -2.70. The molecule has 2 spiro atoms. The Bertz CT molecular complexity index is 1410. The van der Waals surface area contributed by atoms with Crippen molar-refractivity contribution in [2.24, 2.45) is 56.7 Å². The van der Waals surface area contributed by atoms with Crippen LogP contribution in [-0.4, -0.2) is 121 Å². The average Bonchev–Trinajstić information content (AvgIpc) is 3.68. The first-order valence-corrected chi connectivity index (χ1v) is 21.5. The molecule has 0 radical (unpaired) electrons. The quantitative estimate of drug-likeness (QED) is 0.337. The van der Waals surface area contributed by atoms with E-state index in [4.69, 9.17) is 18.9 Å². The normalized spacial score (nSPS) is 51.1. The highest BCUT2D eigenvalue weighted by atomic mass is 16.7. The number of ether oxygens (including phenoxy) is 4. The summed E-state index contributed by atoms with van der Waals surface area (Å²) >= 11 is 0. The van der Waals surface area contributed by atoms with Crippen molar-refractivity contribution in [3.8, 4) is 0 Å². The summed E-state index contributed by atoms with van der Waals surface area (Å²) in [7, 11) is 2.21. The van der Waals surface area contributed by atoms with Crippen molar-refractivity contribution in [1.82, 2.24) is 14.7 Å². The Labute approximate surface area is 314 Å². The van der Waals surface area contributed by atoms with Crippen molar-refractivity contribution in [3.63, 3.8) is 0 Å². The second-order valence-corrected chi connectivity index (χ2v) is 21.5. The van der Waals surface area contributed by atoms with E-state index in [1.54, 1.807) is 4.90 Å². The lowest BCUT2D eigenvalue weighted by Gasteiger charge is -2.64.